The van der Waals surface area contributed by atoms with Crippen LogP contribution in [-0.4, -0.2) is 8.42 Å². The van der Waals surface area contributed by atoms with Crippen molar-refractivity contribution in [3.8, 4) is 0 Å². The van der Waals surface area contributed by atoms with Crippen molar-refractivity contribution in [2.45, 2.75) is 5.75 Å². The molecule has 2 rings (SSSR count). The number of rotatable bonds is 4. The van der Waals surface area contributed by atoms with E-state index in [4.69, 9.17) is 11.6 Å². The normalized spacial score (nSPS) is 12.0. The van der Waals surface area contributed by atoms with E-state index in [0.717, 1.165) is 15.9 Å². The van der Waals surface area contributed by atoms with Crippen LogP contribution in [0, 0.1) is 5.82 Å². The Labute approximate surface area is 136 Å². The van der Waals surface area contributed by atoms with Gasteiger partial charge in [0.2, 0.25) is 0 Å². The van der Waals surface area contributed by atoms with E-state index in [1.54, 1.807) is 24.3 Å². The van der Waals surface area contributed by atoms with E-state index >= 15 is 0 Å². The van der Waals surface area contributed by atoms with Crippen LogP contribution in [0.3, 0.4) is 0 Å². The highest BCUT2D eigenvalue weighted by atomic mass is 79.9. The first-order valence-corrected chi connectivity index (χ1v) is 8.85. The van der Waals surface area contributed by atoms with Gasteiger partial charge in [-0.1, -0.05) is 45.7 Å². The van der Waals surface area contributed by atoms with Crippen molar-refractivity contribution < 1.29 is 12.8 Å². The predicted molar refractivity (Wildman–Crippen MR) is 87.2 cm³/mol. The van der Waals surface area contributed by atoms with Gasteiger partial charge in [-0.05, 0) is 41.5 Å². The van der Waals surface area contributed by atoms with Crippen molar-refractivity contribution in [1.82, 2.24) is 0 Å². The van der Waals surface area contributed by atoms with Crippen LogP contribution in [0.5, 0.6) is 0 Å². The van der Waals surface area contributed by atoms with Crippen LogP contribution in [0.4, 0.5) is 4.39 Å². The molecule has 0 aromatic heterocycles. The highest BCUT2D eigenvalue weighted by Gasteiger charge is 2.08. The van der Waals surface area contributed by atoms with Gasteiger partial charge < -0.3 is 0 Å². The van der Waals surface area contributed by atoms with Crippen LogP contribution in [0.15, 0.2) is 52.3 Å². The van der Waals surface area contributed by atoms with Gasteiger partial charge >= 0.3 is 0 Å². The lowest BCUT2D eigenvalue weighted by Gasteiger charge is -2.01. The molecule has 0 aliphatic heterocycles. The van der Waals surface area contributed by atoms with Crippen LogP contribution in [0.25, 0.3) is 6.08 Å². The second-order valence-electron chi connectivity index (χ2n) is 4.40. The predicted octanol–water partition coefficient (Wildman–Crippen LogP) is 4.83. The molecule has 0 aliphatic carbocycles. The molecule has 110 valence electrons. The van der Waals surface area contributed by atoms with Crippen molar-refractivity contribution in [2.24, 2.45) is 0 Å². The maximum atomic E-state index is 12.9. The van der Waals surface area contributed by atoms with Crippen molar-refractivity contribution in [3.05, 3.63) is 74.3 Å². The summed E-state index contributed by atoms with van der Waals surface area (Å²) in [7, 11) is -3.42. The standard InChI is InChI=1S/C15H11BrClFO2S/c16-13-4-1-11(2-5-13)10-21(19,20)8-7-12-3-6-14(18)9-15(12)17/h1-9H,10H2/b8-7+. The molecule has 0 saturated carbocycles. The summed E-state index contributed by atoms with van der Waals surface area (Å²) in [5.74, 6) is -0.565. The van der Waals surface area contributed by atoms with E-state index in [1.165, 1.54) is 18.2 Å². The number of sulfone groups is 1. The molecule has 0 fully saturated rings. The second kappa shape index (κ2) is 6.73. The third-order valence-electron chi connectivity index (χ3n) is 2.70. The number of benzene rings is 2. The average molecular weight is 390 g/mol. The lowest BCUT2D eigenvalue weighted by atomic mass is 10.2. The van der Waals surface area contributed by atoms with Gasteiger partial charge in [0.15, 0.2) is 9.84 Å². The van der Waals surface area contributed by atoms with E-state index in [-0.39, 0.29) is 10.8 Å². The second-order valence-corrected chi connectivity index (χ2v) is 7.61. The maximum Gasteiger partial charge on any atom is 0.175 e. The lowest BCUT2D eigenvalue weighted by Crippen LogP contribution is -1.99. The van der Waals surface area contributed by atoms with E-state index in [1.807, 2.05) is 0 Å². The Morgan fingerprint density at radius 3 is 2.43 bits per heavy atom. The molecular formula is C15H11BrClFO2S. The quantitative estimate of drug-likeness (QED) is 0.751. The van der Waals surface area contributed by atoms with Crippen LogP contribution < -0.4 is 0 Å². The summed E-state index contributed by atoms with van der Waals surface area (Å²) < 4.78 is 37.8. The molecule has 2 aromatic rings. The summed E-state index contributed by atoms with van der Waals surface area (Å²) in [6.07, 6.45) is 1.37. The monoisotopic (exact) mass is 388 g/mol. The van der Waals surface area contributed by atoms with Crippen molar-refractivity contribution in [3.63, 3.8) is 0 Å². The largest absolute Gasteiger partial charge is 0.224 e. The summed E-state index contributed by atoms with van der Waals surface area (Å²) in [4.78, 5) is 0. The molecule has 0 unspecified atom stereocenters. The summed E-state index contributed by atoms with van der Waals surface area (Å²) in [6, 6.07) is 10.8. The molecular weight excluding hydrogens is 379 g/mol. The summed E-state index contributed by atoms with van der Waals surface area (Å²) in [5, 5.41) is 1.26. The van der Waals surface area contributed by atoms with E-state index < -0.39 is 15.7 Å². The Balaban J connectivity index is 2.16. The Hall–Kier alpha value is -1.17. The third-order valence-corrected chi connectivity index (χ3v) is 4.84. The molecule has 0 bridgehead atoms. The number of halogens is 3. The first kappa shape index (κ1) is 16.2. The van der Waals surface area contributed by atoms with Crippen LogP contribution in [0.1, 0.15) is 11.1 Å². The zero-order valence-corrected chi connectivity index (χ0v) is 13.9. The Morgan fingerprint density at radius 2 is 1.81 bits per heavy atom. The average Bonchev–Trinajstić information content (AvgIpc) is 2.40. The third kappa shape index (κ3) is 4.95. The van der Waals surface area contributed by atoms with Gasteiger partial charge in [0.1, 0.15) is 5.82 Å². The van der Waals surface area contributed by atoms with Gasteiger partial charge in [0, 0.05) is 9.88 Å². The molecule has 0 heterocycles. The van der Waals surface area contributed by atoms with Gasteiger partial charge in [-0.3, -0.25) is 0 Å². The highest BCUT2D eigenvalue weighted by molar-refractivity contribution is 9.10. The fraction of sp³-hybridized carbons (Fsp3) is 0.0667. The summed E-state index contributed by atoms with van der Waals surface area (Å²) in [6.45, 7) is 0. The fourth-order valence-electron chi connectivity index (χ4n) is 1.67. The molecule has 0 aliphatic rings. The van der Waals surface area contributed by atoms with Crippen molar-refractivity contribution in [2.75, 3.05) is 0 Å². The Morgan fingerprint density at radius 1 is 1.14 bits per heavy atom. The molecule has 2 nitrogen and oxygen atoms in total. The SMILES string of the molecule is O=S(=O)(/C=C/c1ccc(F)cc1Cl)Cc1ccc(Br)cc1. The molecule has 0 spiro atoms. The Kier molecular flexibility index (Phi) is 5.19. The maximum absolute atomic E-state index is 12.9. The van der Waals surface area contributed by atoms with E-state index in [0.29, 0.717) is 11.1 Å². The lowest BCUT2D eigenvalue weighted by molar-refractivity contribution is 0.604. The summed E-state index contributed by atoms with van der Waals surface area (Å²) in [5.41, 5.74) is 1.14. The molecule has 21 heavy (non-hydrogen) atoms. The van der Waals surface area contributed by atoms with Gasteiger partial charge in [-0.2, -0.15) is 0 Å². The molecule has 0 N–H and O–H groups in total. The molecule has 0 amide bonds. The minimum atomic E-state index is -3.42. The van der Waals surface area contributed by atoms with Crippen LogP contribution in [0.2, 0.25) is 5.02 Å². The molecule has 0 saturated heterocycles. The van der Waals surface area contributed by atoms with E-state index in [2.05, 4.69) is 15.9 Å². The summed E-state index contributed by atoms with van der Waals surface area (Å²) >= 11 is 9.14. The molecule has 0 atom stereocenters. The number of hydrogen-bond acceptors (Lipinski definition) is 2. The zero-order chi connectivity index (χ0) is 15.5. The van der Waals surface area contributed by atoms with Crippen LogP contribution >= 0.6 is 27.5 Å². The van der Waals surface area contributed by atoms with E-state index in [9.17, 15) is 12.8 Å². The van der Waals surface area contributed by atoms with Gasteiger partial charge in [0.25, 0.3) is 0 Å². The minimum Gasteiger partial charge on any atom is -0.224 e. The highest BCUT2D eigenvalue weighted by Crippen LogP contribution is 2.20. The molecule has 0 radical (unpaired) electrons. The van der Waals surface area contributed by atoms with Crippen LogP contribution in [-0.2, 0) is 15.6 Å². The van der Waals surface area contributed by atoms with Crippen molar-refractivity contribution in [1.29, 1.82) is 0 Å². The fourth-order valence-corrected chi connectivity index (χ4v) is 3.28. The number of hydrogen-bond donors (Lipinski definition) is 0. The van der Waals surface area contributed by atoms with Gasteiger partial charge in [0.05, 0.1) is 10.8 Å². The Bertz CT molecular complexity index is 771. The van der Waals surface area contributed by atoms with Crippen molar-refractivity contribution >= 4 is 43.4 Å². The van der Waals surface area contributed by atoms with Gasteiger partial charge in [-0.25, -0.2) is 12.8 Å². The minimum absolute atomic E-state index is 0.102. The molecule has 2 aromatic carbocycles. The first-order chi connectivity index (χ1) is 9.85. The topological polar surface area (TPSA) is 34.1 Å². The van der Waals surface area contributed by atoms with Gasteiger partial charge in [-0.15, -0.1) is 0 Å². The molecule has 6 heteroatoms. The zero-order valence-electron chi connectivity index (χ0n) is 10.8. The first-order valence-electron chi connectivity index (χ1n) is 5.96. The smallest absolute Gasteiger partial charge is 0.175 e.